The molecule has 7 nitrogen and oxygen atoms in total. The van der Waals surface area contributed by atoms with Crippen molar-refractivity contribution in [2.45, 2.75) is 24.0 Å². The second kappa shape index (κ2) is 7.93. The van der Waals surface area contributed by atoms with Gasteiger partial charge in [-0.05, 0) is 36.4 Å². The van der Waals surface area contributed by atoms with Crippen LogP contribution in [0, 0.1) is 0 Å². The number of carbonyl (C=O) groups excluding carboxylic acids is 1. The van der Waals surface area contributed by atoms with Crippen LogP contribution in [-0.4, -0.2) is 34.6 Å². The van der Waals surface area contributed by atoms with E-state index >= 15 is 0 Å². The number of ether oxygens (including phenoxy) is 2. The average Bonchev–Trinajstić information content (AvgIpc) is 3.16. The van der Waals surface area contributed by atoms with Gasteiger partial charge in [-0.25, -0.2) is 0 Å². The number of hydrogen-bond acceptors (Lipinski definition) is 7. The minimum absolute atomic E-state index is 0.0387. The minimum Gasteiger partial charge on any atom is -0.486 e. The molecule has 1 N–H and O–H groups in total. The smallest absolute Gasteiger partial charge is 0.322 e. The fourth-order valence-electron chi connectivity index (χ4n) is 2.72. The molecule has 0 radical (unpaired) electrons. The summed E-state index contributed by atoms with van der Waals surface area (Å²) in [5.74, 6) is 1.16. The number of benzene rings is 2. The molecule has 1 aromatic heterocycles. The summed E-state index contributed by atoms with van der Waals surface area (Å²) in [6, 6.07) is 12.9. The summed E-state index contributed by atoms with van der Waals surface area (Å²) in [5, 5.41) is 11.1. The molecule has 3 aromatic rings. The number of nitrogens with one attached hydrogen (secondary N) is 1. The van der Waals surface area contributed by atoms with E-state index in [9.17, 15) is 4.79 Å². The first kappa shape index (κ1) is 18.4. The van der Waals surface area contributed by atoms with E-state index in [0.717, 1.165) is 10.5 Å². The van der Waals surface area contributed by atoms with Gasteiger partial charge in [0, 0.05) is 21.3 Å². The SMILES string of the molecule is CC(C)Sc1cccc(-c2nnc(NC(=O)c3ccc4c(c3)OCCO4)o2)c1. The molecule has 8 heteroatoms. The van der Waals surface area contributed by atoms with Gasteiger partial charge in [-0.1, -0.05) is 25.0 Å². The van der Waals surface area contributed by atoms with Crippen molar-refractivity contribution >= 4 is 23.7 Å². The summed E-state index contributed by atoms with van der Waals surface area (Å²) in [5.41, 5.74) is 1.22. The summed E-state index contributed by atoms with van der Waals surface area (Å²) in [6.45, 7) is 5.23. The molecule has 0 unspecified atom stereocenters. The van der Waals surface area contributed by atoms with Crippen molar-refractivity contribution in [3.05, 3.63) is 48.0 Å². The van der Waals surface area contributed by atoms with E-state index < -0.39 is 0 Å². The molecule has 0 spiro atoms. The monoisotopic (exact) mass is 397 g/mol. The van der Waals surface area contributed by atoms with Crippen LogP contribution < -0.4 is 14.8 Å². The molecule has 1 aliphatic heterocycles. The fraction of sp³-hybridized carbons (Fsp3) is 0.250. The molecule has 2 heterocycles. The Balaban J connectivity index is 1.48. The largest absolute Gasteiger partial charge is 0.486 e. The molecule has 0 saturated carbocycles. The van der Waals surface area contributed by atoms with Gasteiger partial charge in [-0.15, -0.1) is 16.9 Å². The third-order valence-electron chi connectivity index (χ3n) is 3.90. The quantitative estimate of drug-likeness (QED) is 0.644. The first-order chi connectivity index (χ1) is 13.6. The number of thioether (sulfide) groups is 1. The predicted octanol–water partition coefficient (Wildman–Crippen LogP) is 4.26. The number of aromatic nitrogens is 2. The lowest BCUT2D eigenvalue weighted by molar-refractivity contribution is 0.102. The Morgan fingerprint density at radius 3 is 2.71 bits per heavy atom. The van der Waals surface area contributed by atoms with Gasteiger partial charge in [0.1, 0.15) is 13.2 Å². The van der Waals surface area contributed by atoms with Crippen molar-refractivity contribution in [3.8, 4) is 23.0 Å². The number of nitrogens with zero attached hydrogens (tertiary/aromatic N) is 2. The molecule has 0 fully saturated rings. The van der Waals surface area contributed by atoms with Gasteiger partial charge < -0.3 is 13.9 Å². The van der Waals surface area contributed by atoms with E-state index in [-0.39, 0.29) is 11.9 Å². The van der Waals surface area contributed by atoms with Crippen LogP contribution in [0.4, 0.5) is 6.01 Å². The Kier molecular flexibility index (Phi) is 5.21. The Morgan fingerprint density at radius 1 is 1.07 bits per heavy atom. The van der Waals surface area contributed by atoms with Gasteiger partial charge >= 0.3 is 6.01 Å². The highest BCUT2D eigenvalue weighted by Crippen LogP contribution is 2.31. The topological polar surface area (TPSA) is 86.5 Å². The molecular weight excluding hydrogens is 378 g/mol. The molecule has 4 rings (SSSR count). The maximum atomic E-state index is 12.5. The zero-order valence-corrected chi connectivity index (χ0v) is 16.3. The van der Waals surface area contributed by atoms with Crippen LogP contribution in [0.25, 0.3) is 11.5 Å². The maximum Gasteiger partial charge on any atom is 0.322 e. The van der Waals surface area contributed by atoms with Crippen molar-refractivity contribution in [1.82, 2.24) is 10.2 Å². The van der Waals surface area contributed by atoms with Crippen molar-refractivity contribution < 1.29 is 18.7 Å². The highest BCUT2D eigenvalue weighted by Gasteiger charge is 2.17. The summed E-state index contributed by atoms with van der Waals surface area (Å²) < 4.78 is 16.6. The van der Waals surface area contributed by atoms with Gasteiger partial charge in [-0.3, -0.25) is 10.1 Å². The first-order valence-corrected chi connectivity index (χ1v) is 9.78. The van der Waals surface area contributed by atoms with Gasteiger partial charge in [0.25, 0.3) is 5.91 Å². The molecule has 1 amide bonds. The number of hydrogen-bond donors (Lipinski definition) is 1. The lowest BCUT2D eigenvalue weighted by Gasteiger charge is -2.18. The highest BCUT2D eigenvalue weighted by molar-refractivity contribution is 7.99. The van der Waals surface area contributed by atoms with Crippen LogP contribution in [0.5, 0.6) is 11.5 Å². The Morgan fingerprint density at radius 2 is 1.89 bits per heavy atom. The molecule has 1 aliphatic rings. The second-order valence-electron chi connectivity index (χ2n) is 6.42. The van der Waals surface area contributed by atoms with Gasteiger partial charge in [-0.2, -0.15) is 0 Å². The second-order valence-corrected chi connectivity index (χ2v) is 8.07. The standard InChI is InChI=1S/C20H19N3O4S/c1-12(2)28-15-5-3-4-14(10-15)19-22-23-20(27-19)21-18(24)13-6-7-16-17(11-13)26-9-8-25-16/h3-7,10-12H,8-9H2,1-2H3,(H,21,23,24). The summed E-state index contributed by atoms with van der Waals surface area (Å²) in [6.07, 6.45) is 0. The molecule has 0 bridgehead atoms. The lowest BCUT2D eigenvalue weighted by Crippen LogP contribution is -2.17. The van der Waals surface area contributed by atoms with Crippen LogP contribution in [0.15, 0.2) is 51.8 Å². The minimum atomic E-state index is -0.365. The number of carbonyl (C=O) groups is 1. The summed E-state index contributed by atoms with van der Waals surface area (Å²) in [7, 11) is 0. The van der Waals surface area contributed by atoms with Gasteiger partial charge in [0.2, 0.25) is 5.89 Å². The van der Waals surface area contributed by atoms with Gasteiger partial charge in [0.05, 0.1) is 0 Å². The summed E-state index contributed by atoms with van der Waals surface area (Å²) in [4.78, 5) is 13.6. The highest BCUT2D eigenvalue weighted by atomic mass is 32.2. The van der Waals surface area contributed by atoms with E-state index in [1.54, 1.807) is 30.0 Å². The van der Waals surface area contributed by atoms with Crippen molar-refractivity contribution in [3.63, 3.8) is 0 Å². The molecular formula is C20H19N3O4S. The zero-order chi connectivity index (χ0) is 19.5. The molecule has 2 aromatic carbocycles. The number of amides is 1. The zero-order valence-electron chi connectivity index (χ0n) is 15.5. The number of anilines is 1. The van der Waals surface area contributed by atoms with Crippen LogP contribution in [0.1, 0.15) is 24.2 Å². The average molecular weight is 397 g/mol. The lowest BCUT2D eigenvalue weighted by atomic mass is 10.2. The normalized spacial score (nSPS) is 12.8. The van der Waals surface area contributed by atoms with Crippen molar-refractivity contribution in [2.75, 3.05) is 18.5 Å². The predicted molar refractivity (Wildman–Crippen MR) is 106 cm³/mol. The molecule has 0 aliphatic carbocycles. The Labute approximate surface area is 166 Å². The fourth-order valence-corrected chi connectivity index (χ4v) is 3.62. The van der Waals surface area contributed by atoms with Crippen LogP contribution >= 0.6 is 11.8 Å². The van der Waals surface area contributed by atoms with E-state index in [4.69, 9.17) is 13.9 Å². The van der Waals surface area contributed by atoms with E-state index in [1.807, 2.05) is 24.3 Å². The Bertz CT molecular complexity index is 1000. The van der Waals surface area contributed by atoms with Gasteiger partial charge in [0.15, 0.2) is 11.5 Å². The molecule has 28 heavy (non-hydrogen) atoms. The Hall–Kier alpha value is -3.00. The van der Waals surface area contributed by atoms with E-state index in [0.29, 0.717) is 41.4 Å². The van der Waals surface area contributed by atoms with E-state index in [1.165, 1.54) is 0 Å². The number of rotatable bonds is 5. The van der Waals surface area contributed by atoms with Crippen LogP contribution in [-0.2, 0) is 0 Å². The molecule has 144 valence electrons. The first-order valence-electron chi connectivity index (χ1n) is 8.90. The third kappa shape index (κ3) is 4.12. The van der Waals surface area contributed by atoms with E-state index in [2.05, 4.69) is 29.4 Å². The third-order valence-corrected chi connectivity index (χ3v) is 4.90. The molecule has 0 atom stereocenters. The number of fused-ring (bicyclic) bond motifs is 1. The molecule has 0 saturated heterocycles. The maximum absolute atomic E-state index is 12.5. The van der Waals surface area contributed by atoms with Crippen molar-refractivity contribution in [2.24, 2.45) is 0 Å². The van der Waals surface area contributed by atoms with Crippen LogP contribution in [0.3, 0.4) is 0 Å². The summed E-state index contributed by atoms with van der Waals surface area (Å²) >= 11 is 1.75. The van der Waals surface area contributed by atoms with Crippen LogP contribution in [0.2, 0.25) is 0 Å². The van der Waals surface area contributed by atoms with Crippen molar-refractivity contribution in [1.29, 1.82) is 0 Å².